The van der Waals surface area contributed by atoms with Gasteiger partial charge in [-0.15, -0.1) is 0 Å². The molecule has 1 aliphatic rings. The van der Waals surface area contributed by atoms with Crippen LogP contribution in [0.5, 0.6) is 5.75 Å². The number of anilines is 2. The van der Waals surface area contributed by atoms with Crippen molar-refractivity contribution in [3.8, 4) is 5.75 Å². The first-order valence-corrected chi connectivity index (χ1v) is 9.43. The van der Waals surface area contributed by atoms with Crippen molar-refractivity contribution in [3.63, 3.8) is 0 Å². The van der Waals surface area contributed by atoms with Gasteiger partial charge in [0.15, 0.2) is 0 Å². The number of methoxy groups -OCH3 is 1. The van der Waals surface area contributed by atoms with Crippen molar-refractivity contribution in [2.24, 2.45) is 0 Å². The molecular formula is C22H29N3O2. The molecule has 0 aromatic heterocycles. The van der Waals surface area contributed by atoms with E-state index in [1.54, 1.807) is 7.11 Å². The maximum atomic E-state index is 12.8. The van der Waals surface area contributed by atoms with Crippen molar-refractivity contribution in [3.05, 3.63) is 54.1 Å². The van der Waals surface area contributed by atoms with Gasteiger partial charge in [-0.25, -0.2) is 4.79 Å². The molecule has 1 N–H and O–H groups in total. The number of para-hydroxylation sites is 3. The molecule has 0 radical (unpaired) electrons. The van der Waals surface area contributed by atoms with E-state index in [4.69, 9.17) is 4.74 Å². The van der Waals surface area contributed by atoms with Gasteiger partial charge < -0.3 is 19.9 Å². The van der Waals surface area contributed by atoms with E-state index in [0.29, 0.717) is 13.1 Å². The highest BCUT2D eigenvalue weighted by Crippen LogP contribution is 2.30. The van der Waals surface area contributed by atoms with Crippen LogP contribution in [0.25, 0.3) is 0 Å². The Hall–Kier alpha value is -2.69. The molecule has 27 heavy (non-hydrogen) atoms. The quantitative estimate of drug-likeness (QED) is 0.877. The van der Waals surface area contributed by atoms with E-state index in [9.17, 15) is 4.79 Å². The summed E-state index contributed by atoms with van der Waals surface area (Å²) in [6.45, 7) is 9.41. The Labute approximate surface area is 161 Å². The van der Waals surface area contributed by atoms with Crippen LogP contribution in [0.4, 0.5) is 16.2 Å². The first-order valence-electron chi connectivity index (χ1n) is 9.43. The van der Waals surface area contributed by atoms with Crippen LogP contribution in [-0.2, 0) is 5.41 Å². The molecule has 5 nitrogen and oxygen atoms in total. The lowest BCUT2D eigenvalue weighted by Crippen LogP contribution is -2.50. The number of ether oxygens (including phenoxy) is 1. The molecule has 1 heterocycles. The van der Waals surface area contributed by atoms with Crippen LogP contribution in [0.15, 0.2) is 48.5 Å². The Bertz CT molecular complexity index is 790. The summed E-state index contributed by atoms with van der Waals surface area (Å²) in [5.41, 5.74) is 3.10. The third kappa shape index (κ3) is 4.35. The van der Waals surface area contributed by atoms with E-state index in [-0.39, 0.29) is 11.4 Å². The molecular weight excluding hydrogens is 338 g/mol. The average molecular weight is 367 g/mol. The number of carbonyl (C=O) groups is 1. The summed E-state index contributed by atoms with van der Waals surface area (Å²) < 4.78 is 5.46. The van der Waals surface area contributed by atoms with Crippen LogP contribution < -0.4 is 15.0 Å². The van der Waals surface area contributed by atoms with E-state index in [1.165, 1.54) is 0 Å². The number of amides is 2. The van der Waals surface area contributed by atoms with Gasteiger partial charge in [0.05, 0.1) is 12.8 Å². The van der Waals surface area contributed by atoms with Crippen LogP contribution in [0.2, 0.25) is 0 Å². The van der Waals surface area contributed by atoms with Crippen molar-refractivity contribution in [1.29, 1.82) is 0 Å². The SMILES string of the molecule is COc1ccccc1N1CCN(C(=O)Nc2ccccc2C(C)(C)C)CC1. The number of hydrogen-bond acceptors (Lipinski definition) is 3. The first kappa shape index (κ1) is 19.1. The predicted octanol–water partition coefficient (Wildman–Crippen LogP) is 4.35. The van der Waals surface area contributed by atoms with Crippen molar-refractivity contribution < 1.29 is 9.53 Å². The molecule has 0 spiro atoms. The van der Waals surface area contributed by atoms with Crippen LogP contribution in [0.3, 0.4) is 0 Å². The fourth-order valence-corrected chi connectivity index (χ4v) is 3.48. The third-order valence-electron chi connectivity index (χ3n) is 4.97. The standard InChI is InChI=1S/C22H29N3O2/c1-22(2,3)17-9-5-6-10-18(17)23-21(26)25-15-13-24(14-16-25)19-11-7-8-12-20(19)27-4/h5-12H,13-16H2,1-4H3,(H,23,26). The third-order valence-corrected chi connectivity index (χ3v) is 4.97. The van der Waals surface area contributed by atoms with Crippen molar-refractivity contribution in [2.75, 3.05) is 43.5 Å². The molecule has 144 valence electrons. The number of piperazine rings is 1. The lowest BCUT2D eigenvalue weighted by atomic mass is 9.86. The Morgan fingerprint density at radius 2 is 1.59 bits per heavy atom. The Kier molecular flexibility index (Phi) is 5.59. The summed E-state index contributed by atoms with van der Waals surface area (Å²) in [6.07, 6.45) is 0. The number of nitrogens with one attached hydrogen (secondary N) is 1. The predicted molar refractivity (Wildman–Crippen MR) is 111 cm³/mol. The zero-order valence-electron chi connectivity index (χ0n) is 16.7. The van der Waals surface area contributed by atoms with E-state index >= 15 is 0 Å². The van der Waals surface area contributed by atoms with Gasteiger partial charge in [0.2, 0.25) is 0 Å². The van der Waals surface area contributed by atoms with Crippen LogP contribution in [0.1, 0.15) is 26.3 Å². The van der Waals surface area contributed by atoms with Crippen molar-refractivity contribution in [2.45, 2.75) is 26.2 Å². The van der Waals surface area contributed by atoms with E-state index in [2.05, 4.69) is 43.1 Å². The highest BCUT2D eigenvalue weighted by Gasteiger charge is 2.24. The van der Waals surface area contributed by atoms with Gasteiger partial charge in [0, 0.05) is 31.9 Å². The van der Waals surface area contributed by atoms with Crippen LogP contribution >= 0.6 is 0 Å². The van der Waals surface area contributed by atoms with Crippen LogP contribution in [0, 0.1) is 0 Å². The number of rotatable bonds is 3. The zero-order valence-corrected chi connectivity index (χ0v) is 16.7. The summed E-state index contributed by atoms with van der Waals surface area (Å²) in [7, 11) is 1.69. The van der Waals surface area contributed by atoms with E-state index < -0.39 is 0 Å². The highest BCUT2D eigenvalue weighted by molar-refractivity contribution is 5.90. The van der Waals surface area contributed by atoms with Crippen molar-refractivity contribution >= 4 is 17.4 Å². The monoisotopic (exact) mass is 367 g/mol. The molecule has 0 unspecified atom stereocenters. The van der Waals surface area contributed by atoms with Gasteiger partial charge in [-0.2, -0.15) is 0 Å². The second-order valence-electron chi connectivity index (χ2n) is 7.87. The second kappa shape index (κ2) is 7.91. The molecule has 3 rings (SSSR count). The number of carbonyl (C=O) groups excluding carboxylic acids is 1. The smallest absolute Gasteiger partial charge is 0.321 e. The fraction of sp³-hybridized carbons (Fsp3) is 0.409. The molecule has 0 atom stereocenters. The maximum absolute atomic E-state index is 12.8. The lowest BCUT2D eigenvalue weighted by molar-refractivity contribution is 0.208. The Balaban J connectivity index is 1.64. The first-order chi connectivity index (χ1) is 12.9. The summed E-state index contributed by atoms with van der Waals surface area (Å²) in [5.74, 6) is 0.870. The van der Waals surface area contributed by atoms with Gasteiger partial charge in [0.1, 0.15) is 5.75 Å². The molecule has 2 aromatic rings. The molecule has 0 bridgehead atoms. The van der Waals surface area contributed by atoms with Gasteiger partial charge >= 0.3 is 6.03 Å². The fourth-order valence-electron chi connectivity index (χ4n) is 3.48. The minimum Gasteiger partial charge on any atom is -0.495 e. The molecule has 1 fully saturated rings. The van der Waals surface area contributed by atoms with Gasteiger partial charge in [-0.1, -0.05) is 51.1 Å². The Morgan fingerprint density at radius 1 is 0.963 bits per heavy atom. The molecule has 0 saturated carbocycles. The molecule has 2 aromatic carbocycles. The number of urea groups is 1. The molecule has 0 aliphatic carbocycles. The topological polar surface area (TPSA) is 44.8 Å². The molecule has 2 amide bonds. The summed E-state index contributed by atoms with van der Waals surface area (Å²) in [6, 6.07) is 16.0. The Morgan fingerprint density at radius 3 is 2.26 bits per heavy atom. The summed E-state index contributed by atoms with van der Waals surface area (Å²) >= 11 is 0. The molecule has 1 saturated heterocycles. The summed E-state index contributed by atoms with van der Waals surface area (Å²) in [4.78, 5) is 16.9. The van der Waals surface area contributed by atoms with Gasteiger partial charge in [-0.3, -0.25) is 0 Å². The zero-order chi connectivity index (χ0) is 19.4. The number of nitrogens with zero attached hydrogens (tertiary/aromatic N) is 2. The van der Waals surface area contributed by atoms with Gasteiger partial charge in [-0.05, 0) is 29.2 Å². The minimum atomic E-state index is -0.0358. The lowest BCUT2D eigenvalue weighted by Gasteiger charge is -2.36. The highest BCUT2D eigenvalue weighted by atomic mass is 16.5. The second-order valence-corrected chi connectivity index (χ2v) is 7.87. The summed E-state index contributed by atoms with van der Waals surface area (Å²) in [5, 5.41) is 3.11. The maximum Gasteiger partial charge on any atom is 0.321 e. The molecule has 1 aliphatic heterocycles. The normalized spacial score (nSPS) is 14.8. The van der Waals surface area contributed by atoms with E-state index in [1.807, 2.05) is 41.3 Å². The largest absolute Gasteiger partial charge is 0.495 e. The minimum absolute atomic E-state index is 0.0214. The van der Waals surface area contributed by atoms with Crippen molar-refractivity contribution in [1.82, 2.24) is 4.90 Å². The van der Waals surface area contributed by atoms with Crippen LogP contribution in [-0.4, -0.2) is 44.2 Å². The number of hydrogen-bond donors (Lipinski definition) is 1. The van der Waals surface area contributed by atoms with E-state index in [0.717, 1.165) is 35.8 Å². The van der Waals surface area contributed by atoms with Gasteiger partial charge in [0.25, 0.3) is 0 Å². The average Bonchev–Trinajstić information content (AvgIpc) is 2.67. The molecule has 5 heteroatoms. The number of benzene rings is 2.